The van der Waals surface area contributed by atoms with Gasteiger partial charge in [-0.15, -0.1) is 0 Å². The lowest BCUT2D eigenvalue weighted by atomic mass is 9.74. The van der Waals surface area contributed by atoms with Crippen LogP contribution in [0, 0.1) is 23.6 Å². The van der Waals surface area contributed by atoms with Crippen molar-refractivity contribution in [3.63, 3.8) is 0 Å². The van der Waals surface area contributed by atoms with Gasteiger partial charge in [-0.05, 0) is 143 Å². The molecule has 6 rings (SSSR count). The summed E-state index contributed by atoms with van der Waals surface area (Å²) in [4.78, 5) is 17.0. The molecule has 4 aliphatic rings. The third-order valence-corrected chi connectivity index (χ3v) is 17.9. The molecule has 0 amide bonds. The largest absolute Gasteiger partial charge is 0.483 e. The van der Waals surface area contributed by atoms with Gasteiger partial charge in [0.15, 0.2) is 18.7 Å². The number of aliphatic hydroxyl groups excluding tert-OH is 1. The number of rotatable bonds is 14. The van der Waals surface area contributed by atoms with Crippen LogP contribution in [-0.4, -0.2) is 174 Å². The molecule has 4 aliphatic heterocycles. The van der Waals surface area contributed by atoms with Crippen molar-refractivity contribution < 1.29 is 71.2 Å². The highest BCUT2D eigenvalue weighted by atomic mass is 32.2. The van der Waals surface area contributed by atoms with Gasteiger partial charge in [-0.1, -0.05) is 45.4 Å². The number of esters is 1. The van der Waals surface area contributed by atoms with Crippen LogP contribution in [0.5, 0.6) is 5.75 Å². The van der Waals surface area contributed by atoms with E-state index < -0.39 is 124 Å². The zero-order valence-electron chi connectivity index (χ0n) is 45.6. The Morgan fingerprint density at radius 1 is 0.905 bits per heavy atom. The third-order valence-electron chi connectivity index (χ3n) is 16.4. The Labute approximate surface area is 439 Å². The molecule has 18 atom stereocenters. The molecule has 420 valence electrons. The van der Waals surface area contributed by atoms with Gasteiger partial charge in [0.1, 0.15) is 40.6 Å². The second kappa shape index (κ2) is 24.7. The number of ether oxygens (including phenoxy) is 7. The third kappa shape index (κ3) is 13.8. The fourth-order valence-corrected chi connectivity index (χ4v) is 12.9. The number of likely N-dealkylation sites (N-methyl/N-ethyl adjacent to an activating group) is 1. The molecule has 0 bridgehead atoms. The van der Waals surface area contributed by atoms with Gasteiger partial charge in [0.25, 0.3) is 0 Å². The molecule has 4 saturated heterocycles. The topological polar surface area (TPSA) is 227 Å². The van der Waals surface area contributed by atoms with Crippen molar-refractivity contribution in [2.75, 3.05) is 45.1 Å². The highest BCUT2D eigenvalue weighted by Gasteiger charge is 2.59. The Kier molecular flexibility index (Phi) is 20.1. The first-order valence-electron chi connectivity index (χ1n) is 26.6. The average Bonchev–Trinajstić information content (AvgIpc) is 3.35. The zero-order valence-corrected chi connectivity index (χ0v) is 46.4. The lowest BCUT2D eigenvalue weighted by molar-refractivity contribution is -0.338. The quantitative estimate of drug-likeness (QED) is 0.131. The van der Waals surface area contributed by atoms with E-state index in [2.05, 4.69) is 14.9 Å². The van der Waals surface area contributed by atoms with Crippen molar-refractivity contribution in [3.05, 3.63) is 60.4 Å². The molecule has 0 spiro atoms. The number of anilines is 1. The van der Waals surface area contributed by atoms with Crippen LogP contribution in [0.1, 0.15) is 114 Å². The first-order chi connectivity index (χ1) is 34.7. The maximum atomic E-state index is 14.8. The van der Waals surface area contributed by atoms with Crippen LogP contribution in [0.4, 0.5) is 10.1 Å². The van der Waals surface area contributed by atoms with E-state index in [4.69, 9.17) is 33.2 Å². The molecule has 2 aromatic rings. The lowest BCUT2D eigenvalue weighted by Gasteiger charge is -2.55. The molecule has 20 heteroatoms. The molecule has 0 aromatic heterocycles. The molecule has 0 aliphatic carbocycles. The number of methoxy groups -OCH3 is 1. The van der Waals surface area contributed by atoms with E-state index in [1.165, 1.54) is 45.3 Å². The van der Waals surface area contributed by atoms with Crippen LogP contribution in [0.25, 0.3) is 0 Å². The number of aliphatic hydroxyl groups is 4. The molecular formula is C54H87FN4O14S. The average molecular weight is 1070 g/mol. The molecule has 4 fully saturated rings. The van der Waals surface area contributed by atoms with Crippen molar-refractivity contribution >= 4 is 21.9 Å². The van der Waals surface area contributed by atoms with Gasteiger partial charge in [-0.2, -0.15) is 12.7 Å². The maximum Gasteiger partial charge on any atom is 0.311 e. The summed E-state index contributed by atoms with van der Waals surface area (Å²) in [6, 6.07) is 12.0. The molecule has 0 radical (unpaired) electrons. The minimum absolute atomic E-state index is 0.0283. The van der Waals surface area contributed by atoms with Gasteiger partial charge in [0, 0.05) is 44.8 Å². The van der Waals surface area contributed by atoms with E-state index in [1.54, 1.807) is 78.8 Å². The van der Waals surface area contributed by atoms with Crippen LogP contribution in [0.2, 0.25) is 0 Å². The number of β-amino-alcohol motifs (C(OH)–C–C–N with tert-alkyl or cyclic N) is 1. The molecule has 0 saturated carbocycles. The summed E-state index contributed by atoms with van der Waals surface area (Å²) < 4.78 is 93.0. The second-order valence-corrected chi connectivity index (χ2v) is 24.2. The predicted octanol–water partition coefficient (Wildman–Crippen LogP) is 5.37. The summed E-state index contributed by atoms with van der Waals surface area (Å²) in [5.41, 5.74) is -6.04. The summed E-state index contributed by atoms with van der Waals surface area (Å²) in [5.74, 6) is -3.54. The Bertz CT molecular complexity index is 2210. The van der Waals surface area contributed by atoms with Gasteiger partial charge >= 0.3 is 16.2 Å². The van der Waals surface area contributed by atoms with Crippen molar-refractivity contribution in [2.24, 2.45) is 17.8 Å². The number of piperidine rings is 1. The monoisotopic (exact) mass is 1070 g/mol. The number of para-hydroxylation sites is 1. The number of hydrogen-bond acceptors (Lipinski definition) is 16. The Hall–Kier alpha value is -3.09. The van der Waals surface area contributed by atoms with E-state index in [9.17, 15) is 38.0 Å². The van der Waals surface area contributed by atoms with Crippen LogP contribution < -0.4 is 14.8 Å². The first-order valence-corrected chi connectivity index (χ1v) is 28.0. The van der Waals surface area contributed by atoms with E-state index in [1.807, 2.05) is 13.8 Å². The highest BCUT2D eigenvalue weighted by Crippen LogP contribution is 2.44. The second-order valence-electron chi connectivity index (χ2n) is 22.4. The number of hydrogen-bond donors (Lipinski definition) is 6. The number of benzene rings is 2. The Morgan fingerprint density at radius 2 is 1.55 bits per heavy atom. The number of carbonyl (C=O) groups excluding carboxylic acids is 1. The number of nitrogens with zero attached hydrogens (tertiary/aromatic N) is 2. The zero-order chi connectivity index (χ0) is 54.6. The fraction of sp³-hybridized carbons (Fsp3) is 0.759. The van der Waals surface area contributed by atoms with Gasteiger partial charge in [-0.25, -0.2) is 4.39 Å². The highest BCUT2D eigenvalue weighted by molar-refractivity contribution is 7.90. The molecule has 6 N–H and O–H groups in total. The number of carbonyl (C=O) groups is 1. The lowest BCUT2D eigenvalue weighted by Crippen LogP contribution is -2.70. The Morgan fingerprint density at radius 3 is 2.18 bits per heavy atom. The number of halogens is 1. The van der Waals surface area contributed by atoms with Crippen molar-refractivity contribution in [3.8, 4) is 5.75 Å². The maximum absolute atomic E-state index is 14.8. The van der Waals surface area contributed by atoms with Gasteiger partial charge in [0.2, 0.25) is 0 Å². The first kappa shape index (κ1) is 60.1. The smallest absolute Gasteiger partial charge is 0.311 e. The van der Waals surface area contributed by atoms with Gasteiger partial charge < -0.3 is 63.8 Å². The standard InChI is InChI=1S/C54H87FN4O14S/c1-13-43-53(10,63)47(60)37(6)56-31-33(2)29-51(8,62)48(35(4)45(36(5)49(61)71-43)72-44-30-52(9,67-12)54(64,38(7)69-44)32-59-26-18-15-19-27-59)73-50-46(70-41-24-22-39(55)23-25-41)42(28-34(3)68-50)58(11)74(65,66)57-40-20-16-14-17-21-40/h14,16-17,20-25,33-38,42-48,50,56-57,60,62-64H,13,15,18-19,26-32H2,1-12H3/t33-,34+,35+,36-,37-,38+,42-,43-,44+,45+,46+,47-,48-,50-,51-,52-,53-,54+/m1/s1. The number of cyclic esters (lactones) is 1. The molecule has 74 heavy (non-hydrogen) atoms. The minimum Gasteiger partial charge on any atom is -0.483 e. The summed E-state index contributed by atoms with van der Waals surface area (Å²) in [6.45, 7) is 19.4. The summed E-state index contributed by atoms with van der Waals surface area (Å²) >= 11 is 0. The van der Waals surface area contributed by atoms with Crippen LogP contribution in [0.15, 0.2) is 54.6 Å². The van der Waals surface area contributed by atoms with Crippen molar-refractivity contribution in [2.45, 2.75) is 204 Å². The van der Waals surface area contributed by atoms with E-state index in [0.717, 1.165) is 36.7 Å². The van der Waals surface area contributed by atoms with Crippen LogP contribution in [0.3, 0.4) is 0 Å². The number of likely N-dealkylation sites (tertiary alicyclic amines) is 1. The van der Waals surface area contributed by atoms with Gasteiger partial charge in [0.05, 0.1) is 42.0 Å². The van der Waals surface area contributed by atoms with Gasteiger partial charge in [-0.3, -0.25) is 9.52 Å². The fourth-order valence-electron chi connectivity index (χ4n) is 11.7. The summed E-state index contributed by atoms with van der Waals surface area (Å²) in [5, 5.41) is 52.5. The normalized spacial score (nSPS) is 40.6. The SMILES string of the molecule is CC[C@H]1OC(=O)[C@H](C)[C@@H](O[C@H]2C[C@@](C)(OC)[C@](O)(CN3CCCCC3)[C@H](C)O2)[C@H](C)[C@@H](O[C@H]2O[C@@H](C)C[C@@H](N(C)S(=O)(=O)Nc3ccccc3)[C@@H]2Oc2ccc(F)cc2)[C@](C)(O)C[C@@H](C)CN[C@H](C)[C@@H](O)[C@]1(C)O. The van der Waals surface area contributed by atoms with Crippen molar-refractivity contribution in [1.29, 1.82) is 0 Å². The molecule has 0 unspecified atom stereocenters. The van der Waals surface area contributed by atoms with E-state index in [-0.39, 0.29) is 43.9 Å². The van der Waals surface area contributed by atoms with Crippen molar-refractivity contribution in [1.82, 2.24) is 14.5 Å². The molecular weight excluding hydrogens is 980 g/mol. The number of nitrogens with one attached hydrogen (secondary N) is 2. The molecule has 4 heterocycles. The summed E-state index contributed by atoms with van der Waals surface area (Å²) in [6.07, 6.45) is -6.76. The molecule has 18 nitrogen and oxygen atoms in total. The van der Waals surface area contributed by atoms with E-state index >= 15 is 0 Å². The van der Waals surface area contributed by atoms with E-state index in [0.29, 0.717) is 12.2 Å². The predicted molar refractivity (Wildman–Crippen MR) is 277 cm³/mol. The van der Waals surface area contributed by atoms with Crippen LogP contribution >= 0.6 is 0 Å². The summed E-state index contributed by atoms with van der Waals surface area (Å²) in [7, 11) is -1.31. The van der Waals surface area contributed by atoms with Crippen LogP contribution in [-0.2, 0) is 43.4 Å². The Balaban J connectivity index is 1.45. The molecule has 2 aromatic carbocycles. The minimum atomic E-state index is -4.27.